The first-order valence-corrected chi connectivity index (χ1v) is 13.4. The third kappa shape index (κ3) is 8.01. The average Bonchev–Trinajstić information content (AvgIpc) is 2.99. The van der Waals surface area contributed by atoms with Gasteiger partial charge in [-0.25, -0.2) is 9.59 Å². The SMILES string of the molecule is COc1ccc(NC2=NCCCN2)cc1N1CCC(C(=O)NCC(NC(=O)OCc2ccccc2)C(=O)O)CC1. The molecule has 4 rings (SSSR count). The molecule has 40 heavy (non-hydrogen) atoms. The quantitative estimate of drug-likeness (QED) is 0.298. The normalized spacial score (nSPS) is 16.1. The minimum atomic E-state index is -1.31. The van der Waals surface area contributed by atoms with Crippen molar-refractivity contribution in [1.29, 1.82) is 0 Å². The predicted octanol–water partition coefficient (Wildman–Crippen LogP) is 2.17. The molecule has 1 atom stereocenters. The maximum atomic E-state index is 12.8. The van der Waals surface area contributed by atoms with Crippen LogP contribution in [0.4, 0.5) is 16.2 Å². The number of carboxylic acids is 1. The number of rotatable bonds is 10. The van der Waals surface area contributed by atoms with Crippen LogP contribution in [-0.2, 0) is 20.9 Å². The summed E-state index contributed by atoms with van der Waals surface area (Å²) in [5.41, 5.74) is 2.59. The van der Waals surface area contributed by atoms with E-state index in [2.05, 4.69) is 31.2 Å². The molecule has 1 saturated heterocycles. The highest BCUT2D eigenvalue weighted by molar-refractivity contribution is 5.94. The zero-order valence-electron chi connectivity index (χ0n) is 22.5. The Bertz CT molecular complexity index is 1200. The predicted molar refractivity (Wildman–Crippen MR) is 151 cm³/mol. The fraction of sp³-hybridized carbons (Fsp3) is 0.429. The molecule has 2 aliphatic rings. The number of aliphatic imine (C=N–C) groups is 1. The van der Waals surface area contributed by atoms with Crippen LogP contribution in [0.2, 0.25) is 0 Å². The minimum Gasteiger partial charge on any atom is -0.495 e. The fourth-order valence-corrected chi connectivity index (χ4v) is 4.60. The standard InChI is InChI=1S/C28H36N6O6/c1-39-24-9-8-21(32-27-29-12-5-13-30-27)16-23(24)34-14-10-20(11-15-34)25(35)31-17-22(26(36)37)33-28(38)40-18-19-6-3-2-4-7-19/h2-4,6-9,16,20,22H,5,10-15,17-18H2,1H3,(H,31,35)(H,33,38)(H,36,37)(H2,29,30,32). The van der Waals surface area contributed by atoms with Gasteiger partial charge < -0.3 is 40.7 Å². The van der Waals surface area contributed by atoms with Gasteiger partial charge in [0.2, 0.25) is 5.91 Å². The lowest BCUT2D eigenvalue weighted by molar-refractivity contribution is -0.139. The first-order chi connectivity index (χ1) is 19.4. The van der Waals surface area contributed by atoms with Gasteiger partial charge in [0.25, 0.3) is 0 Å². The summed E-state index contributed by atoms with van der Waals surface area (Å²) in [7, 11) is 1.63. The lowest BCUT2D eigenvalue weighted by Gasteiger charge is -2.34. The van der Waals surface area contributed by atoms with Gasteiger partial charge in [0, 0.05) is 44.3 Å². The van der Waals surface area contributed by atoms with E-state index in [9.17, 15) is 19.5 Å². The van der Waals surface area contributed by atoms with Gasteiger partial charge in [-0.3, -0.25) is 9.79 Å². The van der Waals surface area contributed by atoms with Crippen molar-refractivity contribution in [2.24, 2.45) is 10.9 Å². The largest absolute Gasteiger partial charge is 0.495 e. The highest BCUT2D eigenvalue weighted by atomic mass is 16.5. The molecule has 0 aliphatic carbocycles. The molecule has 12 nitrogen and oxygen atoms in total. The highest BCUT2D eigenvalue weighted by Gasteiger charge is 2.28. The Morgan fingerprint density at radius 3 is 2.60 bits per heavy atom. The Balaban J connectivity index is 1.26. The molecular formula is C28H36N6O6. The van der Waals surface area contributed by atoms with Crippen LogP contribution in [0.1, 0.15) is 24.8 Å². The Morgan fingerprint density at radius 1 is 1.15 bits per heavy atom. The van der Waals surface area contributed by atoms with Gasteiger partial charge in [-0.2, -0.15) is 0 Å². The third-order valence-corrected chi connectivity index (χ3v) is 6.83. The number of nitrogens with zero attached hydrogens (tertiary/aromatic N) is 2. The van der Waals surface area contributed by atoms with Crippen molar-refractivity contribution in [3.63, 3.8) is 0 Å². The summed E-state index contributed by atoms with van der Waals surface area (Å²) in [6, 6.07) is 13.6. The van der Waals surface area contributed by atoms with E-state index in [0.29, 0.717) is 25.9 Å². The molecule has 2 aliphatic heterocycles. The van der Waals surface area contributed by atoms with E-state index in [-0.39, 0.29) is 25.0 Å². The molecule has 0 aromatic heterocycles. The number of carboxylic acid groups (broad SMARTS) is 1. The van der Waals surface area contributed by atoms with Gasteiger partial charge in [0.1, 0.15) is 18.4 Å². The Hall–Kier alpha value is -4.48. The first kappa shape index (κ1) is 28.5. The van der Waals surface area contributed by atoms with E-state index in [1.54, 1.807) is 19.2 Å². The molecule has 1 fully saturated rings. The number of hydrogen-bond acceptors (Lipinski definition) is 9. The van der Waals surface area contributed by atoms with E-state index in [0.717, 1.165) is 48.2 Å². The molecule has 0 bridgehead atoms. The van der Waals surface area contributed by atoms with Gasteiger partial charge in [0.05, 0.1) is 12.8 Å². The van der Waals surface area contributed by atoms with Crippen LogP contribution in [0, 0.1) is 5.92 Å². The van der Waals surface area contributed by atoms with E-state index < -0.39 is 18.1 Å². The molecule has 214 valence electrons. The van der Waals surface area contributed by atoms with Crippen LogP contribution in [0.25, 0.3) is 0 Å². The number of amides is 2. The Labute approximate surface area is 233 Å². The van der Waals surface area contributed by atoms with Gasteiger partial charge >= 0.3 is 12.1 Å². The lowest BCUT2D eigenvalue weighted by Crippen LogP contribution is -2.50. The molecule has 2 amide bonds. The number of nitrogens with one attached hydrogen (secondary N) is 4. The van der Waals surface area contributed by atoms with Crippen molar-refractivity contribution in [1.82, 2.24) is 16.0 Å². The third-order valence-electron chi connectivity index (χ3n) is 6.83. The van der Waals surface area contributed by atoms with Crippen LogP contribution in [0.15, 0.2) is 53.5 Å². The monoisotopic (exact) mass is 552 g/mol. The second kappa shape index (κ2) is 14.1. The van der Waals surface area contributed by atoms with E-state index in [4.69, 9.17) is 9.47 Å². The molecule has 1 unspecified atom stereocenters. The maximum absolute atomic E-state index is 12.8. The topological polar surface area (TPSA) is 154 Å². The molecule has 2 heterocycles. The summed E-state index contributed by atoms with van der Waals surface area (Å²) in [5.74, 6) is -0.294. The maximum Gasteiger partial charge on any atom is 0.408 e. The summed E-state index contributed by atoms with van der Waals surface area (Å²) >= 11 is 0. The van der Waals surface area contributed by atoms with Gasteiger partial charge in [0.15, 0.2) is 5.96 Å². The van der Waals surface area contributed by atoms with Gasteiger partial charge in [-0.05, 0) is 43.0 Å². The van der Waals surface area contributed by atoms with Gasteiger partial charge in [-0.15, -0.1) is 0 Å². The summed E-state index contributed by atoms with van der Waals surface area (Å²) in [6.45, 7) is 2.70. The molecule has 0 radical (unpaired) electrons. The van der Waals surface area contributed by atoms with Crippen LogP contribution >= 0.6 is 0 Å². The highest BCUT2D eigenvalue weighted by Crippen LogP contribution is 2.34. The zero-order chi connectivity index (χ0) is 28.3. The number of carbonyl (C=O) groups is 3. The van der Waals surface area contributed by atoms with Crippen LogP contribution < -0.4 is 30.9 Å². The van der Waals surface area contributed by atoms with Crippen LogP contribution in [0.5, 0.6) is 5.75 Å². The average molecular weight is 553 g/mol. The number of hydrogen-bond donors (Lipinski definition) is 5. The molecule has 5 N–H and O–H groups in total. The summed E-state index contributed by atoms with van der Waals surface area (Å²) < 4.78 is 10.7. The van der Waals surface area contributed by atoms with Crippen molar-refractivity contribution >= 4 is 35.3 Å². The molecular weight excluding hydrogens is 516 g/mol. The number of guanidine groups is 1. The lowest BCUT2D eigenvalue weighted by atomic mass is 9.95. The van der Waals surface area contributed by atoms with Crippen molar-refractivity contribution < 1.29 is 29.0 Å². The van der Waals surface area contributed by atoms with Crippen molar-refractivity contribution in [3.05, 3.63) is 54.1 Å². The molecule has 12 heteroatoms. The minimum absolute atomic E-state index is 0.0132. The number of ether oxygens (including phenoxy) is 2. The number of methoxy groups -OCH3 is 1. The van der Waals surface area contributed by atoms with Crippen LogP contribution in [-0.4, -0.2) is 74.9 Å². The van der Waals surface area contributed by atoms with Crippen molar-refractivity contribution in [3.8, 4) is 5.75 Å². The number of alkyl carbamates (subject to hydrolysis) is 1. The van der Waals surface area contributed by atoms with Crippen LogP contribution in [0.3, 0.4) is 0 Å². The van der Waals surface area contributed by atoms with E-state index in [1.165, 1.54) is 0 Å². The zero-order valence-corrected chi connectivity index (χ0v) is 22.5. The molecule has 0 saturated carbocycles. The molecule has 2 aromatic rings. The molecule has 0 spiro atoms. The van der Waals surface area contributed by atoms with Gasteiger partial charge in [-0.1, -0.05) is 30.3 Å². The van der Waals surface area contributed by atoms with Crippen molar-refractivity contribution in [2.45, 2.75) is 31.9 Å². The summed E-state index contributed by atoms with van der Waals surface area (Å²) in [5, 5.41) is 21.1. The summed E-state index contributed by atoms with van der Waals surface area (Å²) in [4.78, 5) is 43.2. The second-order valence-corrected chi connectivity index (χ2v) is 9.63. The Kier molecular flexibility index (Phi) is 10.0. The first-order valence-electron chi connectivity index (χ1n) is 13.4. The van der Waals surface area contributed by atoms with E-state index in [1.807, 2.05) is 36.4 Å². The second-order valence-electron chi connectivity index (χ2n) is 9.63. The smallest absolute Gasteiger partial charge is 0.408 e. The number of carbonyl (C=O) groups excluding carboxylic acids is 2. The van der Waals surface area contributed by atoms with E-state index >= 15 is 0 Å². The fourth-order valence-electron chi connectivity index (χ4n) is 4.60. The number of anilines is 2. The molecule has 2 aromatic carbocycles. The number of piperidine rings is 1. The Morgan fingerprint density at radius 2 is 1.93 bits per heavy atom. The number of aliphatic carboxylic acids is 1. The number of benzene rings is 2. The summed E-state index contributed by atoms with van der Waals surface area (Å²) in [6.07, 6.45) is 1.32. The van der Waals surface area contributed by atoms with Crippen molar-refractivity contribution in [2.75, 3.05) is 50.1 Å².